The van der Waals surface area contributed by atoms with Crippen molar-refractivity contribution in [1.82, 2.24) is 25.7 Å². The molecule has 0 bridgehead atoms. The number of amides is 1. The van der Waals surface area contributed by atoms with Crippen LogP contribution in [-0.2, 0) is 11.3 Å². The number of nitrogens with zero attached hydrogens (tertiary/aromatic N) is 4. The Morgan fingerprint density at radius 3 is 3.00 bits per heavy atom. The maximum absolute atomic E-state index is 11.6. The van der Waals surface area contributed by atoms with E-state index in [1.54, 1.807) is 6.92 Å². The van der Waals surface area contributed by atoms with Crippen molar-refractivity contribution in [1.29, 1.82) is 0 Å². The highest BCUT2D eigenvalue weighted by Crippen LogP contribution is 2.35. The highest BCUT2D eigenvalue weighted by Gasteiger charge is 2.42. The van der Waals surface area contributed by atoms with Crippen molar-refractivity contribution < 1.29 is 9.32 Å². The predicted octanol–water partition coefficient (Wildman–Crippen LogP) is 1.06. The number of guanidine groups is 1. The Kier molecular flexibility index (Phi) is 6.41. The lowest BCUT2D eigenvalue weighted by molar-refractivity contribution is -0.119. The molecule has 0 radical (unpaired) electrons. The van der Waals surface area contributed by atoms with Gasteiger partial charge in [0.05, 0.1) is 0 Å². The van der Waals surface area contributed by atoms with E-state index >= 15 is 0 Å². The Hall–Kier alpha value is -1.39. The summed E-state index contributed by atoms with van der Waals surface area (Å²) in [5.74, 6) is 2.15. The number of hydrogen-bond acceptors (Lipinski definition) is 5. The van der Waals surface area contributed by atoms with E-state index in [-0.39, 0.29) is 35.3 Å². The fraction of sp³-hybridized carbons (Fsp3) is 0.733. The van der Waals surface area contributed by atoms with Crippen molar-refractivity contribution in [3.05, 3.63) is 11.7 Å². The van der Waals surface area contributed by atoms with Gasteiger partial charge in [0, 0.05) is 38.0 Å². The van der Waals surface area contributed by atoms with Crippen LogP contribution in [-0.4, -0.2) is 53.1 Å². The number of piperidine rings is 1. The van der Waals surface area contributed by atoms with Gasteiger partial charge in [0.15, 0.2) is 11.8 Å². The minimum Gasteiger partial charge on any atom is -0.357 e. The zero-order valence-corrected chi connectivity index (χ0v) is 16.5. The van der Waals surface area contributed by atoms with Gasteiger partial charge in [0.2, 0.25) is 11.8 Å². The van der Waals surface area contributed by atoms with Crippen LogP contribution < -0.4 is 10.6 Å². The summed E-state index contributed by atoms with van der Waals surface area (Å²) in [6.07, 6.45) is 2.77. The molecule has 1 aromatic heterocycles. The number of nitrogens with one attached hydrogen (secondary N) is 2. The molecule has 3 heterocycles. The number of aliphatic imine (C=N–C) groups is 1. The molecule has 2 fully saturated rings. The van der Waals surface area contributed by atoms with Crippen molar-refractivity contribution in [2.75, 3.05) is 26.2 Å². The molecule has 1 amide bonds. The van der Waals surface area contributed by atoms with Gasteiger partial charge in [0.1, 0.15) is 6.54 Å². The Bertz CT molecular complexity index is 605. The maximum atomic E-state index is 11.6. The van der Waals surface area contributed by atoms with Gasteiger partial charge in [-0.3, -0.25) is 4.79 Å². The van der Waals surface area contributed by atoms with Gasteiger partial charge in [-0.05, 0) is 26.7 Å². The second-order valence-electron chi connectivity index (χ2n) is 6.38. The second-order valence-corrected chi connectivity index (χ2v) is 6.38. The van der Waals surface area contributed by atoms with E-state index in [9.17, 15) is 4.79 Å². The maximum Gasteiger partial charge on any atom is 0.248 e. The number of carbonyl (C=O) groups is 1. The fourth-order valence-electron chi connectivity index (χ4n) is 3.40. The van der Waals surface area contributed by atoms with E-state index in [2.05, 4.69) is 30.7 Å². The lowest BCUT2D eigenvalue weighted by Crippen LogP contribution is -2.51. The molecule has 24 heavy (non-hydrogen) atoms. The number of rotatable bonds is 3. The minimum absolute atomic E-state index is 0. The monoisotopic (exact) mass is 448 g/mol. The first-order valence-electron chi connectivity index (χ1n) is 8.19. The summed E-state index contributed by atoms with van der Waals surface area (Å²) in [7, 11) is 0. The van der Waals surface area contributed by atoms with Crippen molar-refractivity contribution in [3.63, 3.8) is 0 Å². The Morgan fingerprint density at radius 2 is 2.38 bits per heavy atom. The third kappa shape index (κ3) is 4.37. The van der Waals surface area contributed by atoms with Crippen LogP contribution in [0.3, 0.4) is 0 Å². The summed E-state index contributed by atoms with van der Waals surface area (Å²) >= 11 is 0. The highest BCUT2D eigenvalue weighted by atomic mass is 127. The average molecular weight is 448 g/mol. The van der Waals surface area contributed by atoms with Crippen molar-refractivity contribution in [2.45, 2.75) is 39.7 Å². The normalized spacial score (nSPS) is 24.0. The van der Waals surface area contributed by atoms with Crippen LogP contribution in [0.5, 0.6) is 0 Å². The molecule has 9 heteroatoms. The second kappa shape index (κ2) is 8.13. The number of aromatic nitrogens is 2. The first kappa shape index (κ1) is 18.9. The van der Waals surface area contributed by atoms with Crippen LogP contribution in [0.4, 0.5) is 0 Å². The minimum atomic E-state index is 0. The number of carbonyl (C=O) groups excluding carboxylic acids is 1. The molecule has 1 aromatic rings. The summed E-state index contributed by atoms with van der Waals surface area (Å²) in [5.41, 5.74) is 0.0482. The van der Waals surface area contributed by atoms with Crippen LogP contribution in [0.15, 0.2) is 9.52 Å². The molecule has 134 valence electrons. The molecule has 1 spiro atoms. The van der Waals surface area contributed by atoms with E-state index < -0.39 is 0 Å². The Labute approximate surface area is 158 Å². The van der Waals surface area contributed by atoms with Crippen LogP contribution in [0.2, 0.25) is 0 Å². The number of halogens is 1. The molecule has 1 unspecified atom stereocenters. The molecular weight excluding hydrogens is 423 g/mol. The molecule has 2 aliphatic rings. The van der Waals surface area contributed by atoms with Crippen molar-refractivity contribution in [3.8, 4) is 0 Å². The molecule has 2 saturated heterocycles. The third-order valence-electron chi connectivity index (χ3n) is 4.43. The van der Waals surface area contributed by atoms with E-state index in [4.69, 9.17) is 4.52 Å². The van der Waals surface area contributed by atoms with Gasteiger partial charge >= 0.3 is 0 Å². The van der Waals surface area contributed by atoms with Crippen LogP contribution in [0.25, 0.3) is 0 Å². The number of aryl methyl sites for hydroxylation is 1. The average Bonchev–Trinajstić information content (AvgIpc) is 3.10. The number of hydrogen-bond donors (Lipinski definition) is 2. The van der Waals surface area contributed by atoms with E-state index in [0.717, 1.165) is 45.0 Å². The van der Waals surface area contributed by atoms with Crippen molar-refractivity contribution >= 4 is 35.8 Å². The summed E-state index contributed by atoms with van der Waals surface area (Å²) < 4.78 is 5.12. The van der Waals surface area contributed by atoms with Gasteiger partial charge in [-0.25, -0.2) is 4.99 Å². The summed E-state index contributed by atoms with van der Waals surface area (Å²) in [4.78, 5) is 22.7. The molecule has 2 aliphatic heterocycles. The van der Waals surface area contributed by atoms with Gasteiger partial charge in [-0.1, -0.05) is 5.16 Å². The van der Waals surface area contributed by atoms with Gasteiger partial charge in [-0.15, -0.1) is 24.0 Å². The fourth-order valence-corrected chi connectivity index (χ4v) is 3.40. The topological polar surface area (TPSA) is 95.7 Å². The Morgan fingerprint density at radius 1 is 1.54 bits per heavy atom. The predicted molar refractivity (Wildman–Crippen MR) is 100 cm³/mol. The summed E-state index contributed by atoms with van der Waals surface area (Å²) in [6.45, 7) is 7.56. The summed E-state index contributed by atoms with van der Waals surface area (Å²) in [5, 5.41) is 10.1. The molecule has 2 N–H and O–H groups in total. The SMILES string of the molecule is CCNC(=NCc1nc(C)no1)N1CCCC2(CNC(=O)C2)C1.I. The van der Waals surface area contributed by atoms with Crippen molar-refractivity contribution in [2.24, 2.45) is 10.4 Å². The Balaban J connectivity index is 0.00000208. The van der Waals surface area contributed by atoms with E-state index in [0.29, 0.717) is 24.7 Å². The zero-order valence-electron chi connectivity index (χ0n) is 14.2. The number of likely N-dealkylation sites (tertiary alicyclic amines) is 1. The quantitative estimate of drug-likeness (QED) is 0.408. The van der Waals surface area contributed by atoms with Gasteiger partial charge in [-0.2, -0.15) is 4.98 Å². The lowest BCUT2D eigenvalue weighted by Gasteiger charge is -2.40. The summed E-state index contributed by atoms with van der Waals surface area (Å²) in [6, 6.07) is 0. The van der Waals surface area contributed by atoms with Gasteiger partial charge in [0.25, 0.3) is 0 Å². The largest absolute Gasteiger partial charge is 0.357 e. The van der Waals surface area contributed by atoms with Gasteiger partial charge < -0.3 is 20.1 Å². The van der Waals surface area contributed by atoms with Crippen LogP contribution in [0.1, 0.15) is 37.9 Å². The standard InChI is InChI=1S/C15H24N6O2.HI/c1-3-16-14(17-8-13-19-11(2)20-23-13)21-6-4-5-15(10-21)7-12(22)18-9-15;/h3-10H2,1-2H3,(H,16,17)(H,18,22);1H. The first-order valence-corrected chi connectivity index (χ1v) is 8.19. The van der Waals surface area contributed by atoms with Crippen LogP contribution >= 0.6 is 24.0 Å². The third-order valence-corrected chi connectivity index (χ3v) is 4.43. The molecule has 0 saturated carbocycles. The lowest BCUT2D eigenvalue weighted by atomic mass is 9.79. The van der Waals surface area contributed by atoms with E-state index in [1.807, 2.05) is 6.92 Å². The molecule has 3 rings (SSSR count). The molecule has 0 aliphatic carbocycles. The molecule has 1 atom stereocenters. The molecule has 0 aromatic carbocycles. The van der Waals surface area contributed by atoms with E-state index in [1.165, 1.54) is 0 Å². The zero-order chi connectivity index (χ0) is 16.3. The highest BCUT2D eigenvalue weighted by molar-refractivity contribution is 14.0. The molecular formula is C15H25IN6O2. The molecule has 8 nitrogen and oxygen atoms in total. The smallest absolute Gasteiger partial charge is 0.248 e. The first-order chi connectivity index (χ1) is 11.1. The van der Waals surface area contributed by atoms with Crippen LogP contribution in [0, 0.1) is 12.3 Å².